The predicted molar refractivity (Wildman–Crippen MR) is 73.2 cm³/mol. The van der Waals surface area contributed by atoms with Crippen molar-refractivity contribution in [3.05, 3.63) is 12.7 Å². The molecule has 1 rings (SSSR count). The first-order chi connectivity index (χ1) is 8.93. The molecule has 0 aromatic rings. The maximum Gasteiger partial charge on any atom is 0.221 e. The van der Waals surface area contributed by atoms with Crippen molar-refractivity contribution in [1.82, 2.24) is 9.62 Å². The molecule has 1 aliphatic rings. The predicted octanol–water partition coefficient (Wildman–Crippen LogP) is 0.119. The fraction of sp³-hybridized carbons (Fsp3) is 0.750. The lowest BCUT2D eigenvalue weighted by Gasteiger charge is -2.22. The third-order valence-corrected chi connectivity index (χ3v) is 4.20. The minimum Gasteiger partial charge on any atom is -0.377 e. The first kappa shape index (κ1) is 16.1. The minimum atomic E-state index is -3.32. The molecule has 1 saturated heterocycles. The second-order valence-electron chi connectivity index (χ2n) is 4.60. The number of sulfonamides is 1. The van der Waals surface area contributed by atoms with E-state index in [4.69, 9.17) is 4.74 Å². The Morgan fingerprint density at radius 2 is 2.32 bits per heavy atom. The number of carbonyl (C=O) groups is 1. The summed E-state index contributed by atoms with van der Waals surface area (Å²) in [5.41, 5.74) is 0. The maximum absolute atomic E-state index is 11.7. The van der Waals surface area contributed by atoms with Crippen molar-refractivity contribution >= 4 is 15.9 Å². The first-order valence-corrected chi connectivity index (χ1v) is 8.22. The molecule has 1 N–H and O–H groups in total. The van der Waals surface area contributed by atoms with Gasteiger partial charge in [0.15, 0.2) is 0 Å². The Morgan fingerprint density at radius 3 is 2.84 bits per heavy atom. The average Bonchev–Trinajstić information content (AvgIpc) is 2.83. The van der Waals surface area contributed by atoms with Crippen LogP contribution in [0.1, 0.15) is 19.3 Å². The van der Waals surface area contributed by atoms with Crippen molar-refractivity contribution in [2.45, 2.75) is 25.4 Å². The van der Waals surface area contributed by atoms with Crippen LogP contribution in [-0.4, -0.2) is 57.2 Å². The average molecular weight is 290 g/mol. The van der Waals surface area contributed by atoms with Crippen LogP contribution in [0.3, 0.4) is 0 Å². The van der Waals surface area contributed by atoms with Crippen molar-refractivity contribution in [2.24, 2.45) is 0 Å². The first-order valence-electron chi connectivity index (χ1n) is 6.38. The highest BCUT2D eigenvalue weighted by atomic mass is 32.2. The highest BCUT2D eigenvalue weighted by molar-refractivity contribution is 7.88. The zero-order valence-electron chi connectivity index (χ0n) is 11.3. The van der Waals surface area contributed by atoms with Gasteiger partial charge in [-0.2, -0.15) is 4.31 Å². The largest absolute Gasteiger partial charge is 0.377 e. The molecule has 110 valence electrons. The molecule has 1 atom stereocenters. The monoisotopic (exact) mass is 290 g/mol. The molecule has 1 amide bonds. The fourth-order valence-electron chi connectivity index (χ4n) is 1.91. The van der Waals surface area contributed by atoms with Crippen LogP contribution < -0.4 is 5.32 Å². The highest BCUT2D eigenvalue weighted by Crippen LogP contribution is 2.15. The van der Waals surface area contributed by atoms with Gasteiger partial charge in [-0.15, -0.1) is 6.58 Å². The highest BCUT2D eigenvalue weighted by Gasteiger charge is 2.24. The summed E-state index contributed by atoms with van der Waals surface area (Å²) >= 11 is 0. The fourth-order valence-corrected chi connectivity index (χ4v) is 2.77. The van der Waals surface area contributed by atoms with Gasteiger partial charge in [-0.1, -0.05) is 6.08 Å². The number of amides is 1. The number of hydrogen-bond donors (Lipinski definition) is 1. The molecule has 0 aliphatic carbocycles. The summed E-state index contributed by atoms with van der Waals surface area (Å²) in [7, 11) is -3.32. The topological polar surface area (TPSA) is 75.7 Å². The van der Waals surface area contributed by atoms with Crippen LogP contribution in [0.25, 0.3) is 0 Å². The Hall–Kier alpha value is -0.920. The third kappa shape index (κ3) is 6.17. The summed E-state index contributed by atoms with van der Waals surface area (Å²) in [6.07, 6.45) is 4.66. The maximum atomic E-state index is 11.7. The summed E-state index contributed by atoms with van der Waals surface area (Å²) in [6, 6.07) is 0. The van der Waals surface area contributed by atoms with E-state index in [9.17, 15) is 13.2 Å². The molecule has 6 nitrogen and oxygen atoms in total. The summed E-state index contributed by atoms with van der Waals surface area (Å²) in [5, 5.41) is 2.62. The van der Waals surface area contributed by atoms with E-state index in [2.05, 4.69) is 11.9 Å². The Balaban J connectivity index is 2.45. The zero-order valence-corrected chi connectivity index (χ0v) is 12.1. The molecule has 0 saturated carbocycles. The van der Waals surface area contributed by atoms with Crippen LogP contribution in [0, 0.1) is 0 Å². The molecule has 19 heavy (non-hydrogen) atoms. The molecule has 7 heteroatoms. The van der Waals surface area contributed by atoms with Crippen LogP contribution >= 0.6 is 0 Å². The summed E-state index contributed by atoms with van der Waals surface area (Å²) in [6.45, 7) is 5.08. The van der Waals surface area contributed by atoms with E-state index in [1.165, 1.54) is 4.31 Å². The number of nitrogens with one attached hydrogen (secondary N) is 1. The minimum absolute atomic E-state index is 0.0500. The van der Waals surface area contributed by atoms with Gasteiger partial charge in [-0.3, -0.25) is 4.79 Å². The standard InChI is InChI=1S/C12H22N2O4S/c1-3-7-13-12(15)6-8-14(19(2,16)17)10-11-5-4-9-18-11/h3,11H,1,4-10H2,2H3,(H,13,15). The van der Waals surface area contributed by atoms with E-state index < -0.39 is 10.0 Å². The molecular weight excluding hydrogens is 268 g/mol. The zero-order chi connectivity index (χ0) is 14.3. The number of ether oxygens (including phenoxy) is 1. The molecular formula is C12H22N2O4S. The lowest BCUT2D eigenvalue weighted by molar-refractivity contribution is -0.121. The number of rotatable bonds is 8. The van der Waals surface area contributed by atoms with E-state index in [1.807, 2.05) is 0 Å². The van der Waals surface area contributed by atoms with Crippen molar-refractivity contribution in [3.8, 4) is 0 Å². The van der Waals surface area contributed by atoms with Crippen molar-refractivity contribution in [1.29, 1.82) is 0 Å². The van der Waals surface area contributed by atoms with Crippen LogP contribution in [0.5, 0.6) is 0 Å². The van der Waals surface area contributed by atoms with Crippen molar-refractivity contribution in [2.75, 3.05) is 32.5 Å². The summed E-state index contributed by atoms with van der Waals surface area (Å²) in [4.78, 5) is 11.5. The molecule has 0 spiro atoms. The van der Waals surface area contributed by atoms with Crippen LogP contribution in [0.2, 0.25) is 0 Å². The van der Waals surface area contributed by atoms with Gasteiger partial charge in [0.25, 0.3) is 0 Å². The van der Waals surface area contributed by atoms with Crippen LogP contribution in [0.4, 0.5) is 0 Å². The Labute approximate surface area is 114 Å². The van der Waals surface area contributed by atoms with Gasteiger partial charge in [-0.05, 0) is 12.8 Å². The normalized spacial score (nSPS) is 19.6. The van der Waals surface area contributed by atoms with Crippen molar-refractivity contribution < 1.29 is 17.9 Å². The summed E-state index contributed by atoms with van der Waals surface area (Å²) < 4.78 is 30.1. The SMILES string of the molecule is C=CCNC(=O)CCN(CC1CCCO1)S(C)(=O)=O. The number of carbonyl (C=O) groups excluding carboxylic acids is 1. The second kappa shape index (κ2) is 7.62. The molecule has 1 heterocycles. The lowest BCUT2D eigenvalue weighted by Crippen LogP contribution is -2.39. The quantitative estimate of drug-likeness (QED) is 0.644. The molecule has 0 radical (unpaired) electrons. The lowest BCUT2D eigenvalue weighted by atomic mass is 10.2. The molecule has 0 bridgehead atoms. The van der Waals surface area contributed by atoms with Gasteiger partial charge in [0.1, 0.15) is 0 Å². The van der Waals surface area contributed by atoms with E-state index >= 15 is 0 Å². The molecule has 1 aliphatic heterocycles. The van der Waals surface area contributed by atoms with E-state index in [-0.39, 0.29) is 25.0 Å². The van der Waals surface area contributed by atoms with Gasteiger partial charge in [-0.25, -0.2) is 8.42 Å². The van der Waals surface area contributed by atoms with Crippen molar-refractivity contribution in [3.63, 3.8) is 0 Å². The van der Waals surface area contributed by atoms with Gasteiger partial charge in [0.2, 0.25) is 15.9 Å². The van der Waals surface area contributed by atoms with Gasteiger partial charge in [0.05, 0.1) is 12.4 Å². The Bertz CT molecular complexity index is 402. The van der Waals surface area contributed by atoms with E-state index in [1.54, 1.807) is 6.08 Å². The van der Waals surface area contributed by atoms with E-state index in [0.29, 0.717) is 19.7 Å². The Kier molecular flexibility index (Phi) is 6.47. The molecule has 1 fully saturated rings. The van der Waals surface area contributed by atoms with Crippen LogP contribution in [0.15, 0.2) is 12.7 Å². The van der Waals surface area contributed by atoms with E-state index in [0.717, 1.165) is 19.1 Å². The van der Waals surface area contributed by atoms with Gasteiger partial charge in [0, 0.05) is 32.7 Å². The molecule has 0 aromatic heterocycles. The van der Waals surface area contributed by atoms with Crippen LogP contribution in [-0.2, 0) is 19.6 Å². The van der Waals surface area contributed by atoms with Gasteiger partial charge >= 0.3 is 0 Å². The summed E-state index contributed by atoms with van der Waals surface area (Å²) in [5.74, 6) is -0.180. The molecule has 0 aromatic carbocycles. The van der Waals surface area contributed by atoms with Gasteiger partial charge < -0.3 is 10.1 Å². The third-order valence-electron chi connectivity index (χ3n) is 2.93. The number of nitrogens with zero attached hydrogens (tertiary/aromatic N) is 1. The second-order valence-corrected chi connectivity index (χ2v) is 6.58. The number of hydrogen-bond acceptors (Lipinski definition) is 4. The Morgan fingerprint density at radius 1 is 1.58 bits per heavy atom. The molecule has 1 unspecified atom stereocenters. The smallest absolute Gasteiger partial charge is 0.221 e.